The molecule has 2 rings (SSSR count). The van der Waals surface area contributed by atoms with Crippen molar-refractivity contribution in [1.82, 2.24) is 0 Å². The highest BCUT2D eigenvalue weighted by Gasteiger charge is 2.18. The third-order valence-corrected chi connectivity index (χ3v) is 2.60. The van der Waals surface area contributed by atoms with Crippen LogP contribution >= 0.6 is 0 Å². The number of nitro benzene ring substituents is 1. The molecular weight excluding hydrogens is 182 g/mol. The Labute approximate surface area is 81.3 Å². The molecule has 1 aromatic carbocycles. The number of fused-ring (bicyclic) bond motifs is 1. The molecule has 0 amide bonds. The summed E-state index contributed by atoms with van der Waals surface area (Å²) in [7, 11) is 0. The molecule has 74 valence electrons. The molecule has 4 heteroatoms. The molecule has 1 N–H and O–H groups in total. The van der Waals surface area contributed by atoms with Crippen LogP contribution in [0.3, 0.4) is 0 Å². The van der Waals surface area contributed by atoms with Gasteiger partial charge in [0.05, 0.1) is 11.0 Å². The van der Waals surface area contributed by atoms with Crippen LogP contribution in [0.5, 0.6) is 0 Å². The Morgan fingerprint density at radius 2 is 2.21 bits per heavy atom. The van der Waals surface area contributed by atoms with Gasteiger partial charge >= 0.3 is 0 Å². The summed E-state index contributed by atoms with van der Waals surface area (Å²) in [6.07, 6.45) is 1.76. The van der Waals surface area contributed by atoms with E-state index >= 15 is 0 Å². The van der Waals surface area contributed by atoms with Crippen LogP contribution in [0.1, 0.15) is 17.5 Å². The van der Waals surface area contributed by atoms with Gasteiger partial charge in [0.1, 0.15) is 0 Å². The van der Waals surface area contributed by atoms with Crippen molar-refractivity contribution in [2.24, 2.45) is 0 Å². The van der Waals surface area contributed by atoms with Crippen molar-refractivity contribution in [3.8, 4) is 0 Å². The molecule has 0 spiro atoms. The summed E-state index contributed by atoms with van der Waals surface area (Å²) in [6, 6.07) is 4.88. The summed E-state index contributed by atoms with van der Waals surface area (Å²) >= 11 is 0. The van der Waals surface area contributed by atoms with Gasteiger partial charge in [-0.25, -0.2) is 0 Å². The van der Waals surface area contributed by atoms with Crippen molar-refractivity contribution >= 4 is 5.69 Å². The number of aliphatic hydroxyl groups is 1. The SMILES string of the molecule is O=[N+]([O-])c1ccc2c(c1)C[C@H](O)CC2. The molecule has 0 fully saturated rings. The Morgan fingerprint density at radius 3 is 2.93 bits per heavy atom. The van der Waals surface area contributed by atoms with Crippen LogP contribution < -0.4 is 0 Å². The zero-order valence-electron chi connectivity index (χ0n) is 7.64. The van der Waals surface area contributed by atoms with Crippen molar-refractivity contribution in [1.29, 1.82) is 0 Å². The summed E-state index contributed by atoms with van der Waals surface area (Å²) < 4.78 is 0. The third kappa shape index (κ3) is 1.61. The summed E-state index contributed by atoms with van der Waals surface area (Å²) in [5, 5.41) is 19.9. The number of aryl methyl sites for hydroxylation is 1. The van der Waals surface area contributed by atoms with Crippen molar-refractivity contribution in [3.05, 3.63) is 39.4 Å². The van der Waals surface area contributed by atoms with Gasteiger partial charge in [0.25, 0.3) is 5.69 Å². The fraction of sp³-hybridized carbons (Fsp3) is 0.400. The van der Waals surface area contributed by atoms with Gasteiger partial charge in [0.15, 0.2) is 0 Å². The minimum absolute atomic E-state index is 0.109. The third-order valence-electron chi connectivity index (χ3n) is 2.60. The van der Waals surface area contributed by atoms with E-state index in [1.165, 1.54) is 6.07 Å². The number of non-ortho nitro benzene ring substituents is 1. The average Bonchev–Trinajstić information content (AvgIpc) is 2.16. The number of hydrogen-bond acceptors (Lipinski definition) is 3. The lowest BCUT2D eigenvalue weighted by atomic mass is 9.89. The van der Waals surface area contributed by atoms with Crippen molar-refractivity contribution in [2.45, 2.75) is 25.4 Å². The second-order valence-corrected chi connectivity index (χ2v) is 3.61. The van der Waals surface area contributed by atoms with Gasteiger partial charge in [-0.05, 0) is 30.4 Å². The van der Waals surface area contributed by atoms with Gasteiger partial charge in [-0.1, -0.05) is 6.07 Å². The van der Waals surface area contributed by atoms with E-state index in [0.717, 1.165) is 24.0 Å². The van der Waals surface area contributed by atoms with E-state index in [1.807, 2.05) is 0 Å². The fourth-order valence-electron chi connectivity index (χ4n) is 1.84. The minimum Gasteiger partial charge on any atom is -0.393 e. The lowest BCUT2D eigenvalue weighted by Crippen LogP contribution is -2.18. The maximum Gasteiger partial charge on any atom is 0.269 e. The van der Waals surface area contributed by atoms with E-state index in [1.54, 1.807) is 12.1 Å². The van der Waals surface area contributed by atoms with Gasteiger partial charge < -0.3 is 5.11 Å². The highest BCUT2D eigenvalue weighted by molar-refractivity contribution is 5.41. The summed E-state index contributed by atoms with van der Waals surface area (Å²) in [5.41, 5.74) is 2.15. The predicted molar refractivity (Wildman–Crippen MR) is 51.1 cm³/mol. The Balaban J connectivity index is 2.37. The molecule has 0 aromatic heterocycles. The first kappa shape index (κ1) is 9.15. The van der Waals surface area contributed by atoms with Crippen LogP contribution in [0.2, 0.25) is 0 Å². The first-order chi connectivity index (χ1) is 6.66. The van der Waals surface area contributed by atoms with E-state index in [4.69, 9.17) is 0 Å². The Hall–Kier alpha value is -1.42. The van der Waals surface area contributed by atoms with Crippen LogP contribution in [0, 0.1) is 10.1 Å². The van der Waals surface area contributed by atoms with Gasteiger partial charge in [0, 0.05) is 12.1 Å². The van der Waals surface area contributed by atoms with Crippen LogP contribution in [0.4, 0.5) is 5.69 Å². The van der Waals surface area contributed by atoms with Gasteiger partial charge in [0.2, 0.25) is 0 Å². The molecular formula is C10H11NO3. The number of aliphatic hydroxyl groups excluding tert-OH is 1. The predicted octanol–water partition coefficient (Wildman–Crippen LogP) is 1.44. The fourth-order valence-corrected chi connectivity index (χ4v) is 1.84. The van der Waals surface area contributed by atoms with Gasteiger partial charge in [-0.15, -0.1) is 0 Å². The molecule has 1 aromatic rings. The van der Waals surface area contributed by atoms with E-state index in [-0.39, 0.29) is 11.8 Å². The van der Waals surface area contributed by atoms with E-state index < -0.39 is 4.92 Å². The van der Waals surface area contributed by atoms with Crippen LogP contribution in [-0.2, 0) is 12.8 Å². The van der Waals surface area contributed by atoms with E-state index in [2.05, 4.69) is 0 Å². The second kappa shape index (κ2) is 3.38. The summed E-state index contributed by atoms with van der Waals surface area (Å²) in [4.78, 5) is 10.1. The van der Waals surface area contributed by atoms with Crippen molar-refractivity contribution in [2.75, 3.05) is 0 Å². The Morgan fingerprint density at radius 1 is 1.43 bits per heavy atom. The van der Waals surface area contributed by atoms with Gasteiger partial charge in [-0.2, -0.15) is 0 Å². The molecule has 0 saturated carbocycles. The molecule has 14 heavy (non-hydrogen) atoms. The average molecular weight is 193 g/mol. The number of nitrogens with zero attached hydrogens (tertiary/aromatic N) is 1. The molecule has 0 saturated heterocycles. The molecule has 1 atom stereocenters. The standard InChI is InChI=1S/C10H11NO3/c12-10-4-2-7-1-3-9(11(13)14)5-8(7)6-10/h1,3,5,10,12H,2,4,6H2/t10-/m1/s1. The lowest BCUT2D eigenvalue weighted by molar-refractivity contribution is -0.384. The molecule has 1 aliphatic rings. The number of hydrogen-bond donors (Lipinski definition) is 1. The Bertz CT molecular complexity index is 376. The van der Waals surface area contributed by atoms with Crippen molar-refractivity contribution < 1.29 is 10.0 Å². The first-order valence-corrected chi connectivity index (χ1v) is 4.61. The minimum atomic E-state index is -0.402. The topological polar surface area (TPSA) is 63.4 Å². The van der Waals surface area contributed by atoms with Crippen LogP contribution in [0.15, 0.2) is 18.2 Å². The van der Waals surface area contributed by atoms with Crippen molar-refractivity contribution in [3.63, 3.8) is 0 Å². The molecule has 1 aliphatic carbocycles. The van der Waals surface area contributed by atoms with Crippen LogP contribution in [0.25, 0.3) is 0 Å². The molecule has 0 heterocycles. The highest BCUT2D eigenvalue weighted by Crippen LogP contribution is 2.25. The normalized spacial score (nSPS) is 20.2. The second-order valence-electron chi connectivity index (χ2n) is 3.61. The number of rotatable bonds is 1. The summed E-state index contributed by atoms with van der Waals surface area (Å²) in [5.74, 6) is 0. The zero-order chi connectivity index (χ0) is 10.1. The number of nitro groups is 1. The molecule has 0 unspecified atom stereocenters. The first-order valence-electron chi connectivity index (χ1n) is 4.61. The quantitative estimate of drug-likeness (QED) is 0.542. The maximum atomic E-state index is 10.5. The van der Waals surface area contributed by atoms with E-state index in [0.29, 0.717) is 6.42 Å². The molecule has 4 nitrogen and oxygen atoms in total. The van der Waals surface area contributed by atoms with Gasteiger partial charge in [-0.3, -0.25) is 10.1 Å². The zero-order valence-corrected chi connectivity index (χ0v) is 7.64. The molecule has 0 bridgehead atoms. The molecule has 0 radical (unpaired) electrons. The monoisotopic (exact) mass is 193 g/mol. The van der Waals surface area contributed by atoms with Crippen LogP contribution in [-0.4, -0.2) is 16.1 Å². The summed E-state index contributed by atoms with van der Waals surface area (Å²) in [6.45, 7) is 0. The molecule has 0 aliphatic heterocycles. The Kier molecular flexibility index (Phi) is 2.21. The highest BCUT2D eigenvalue weighted by atomic mass is 16.6. The lowest BCUT2D eigenvalue weighted by Gasteiger charge is -2.19. The largest absolute Gasteiger partial charge is 0.393 e. The smallest absolute Gasteiger partial charge is 0.269 e. The van der Waals surface area contributed by atoms with E-state index in [9.17, 15) is 15.2 Å². The number of benzene rings is 1. The maximum absolute atomic E-state index is 10.5.